The summed E-state index contributed by atoms with van der Waals surface area (Å²) < 4.78 is -0.383. The first-order valence-corrected chi connectivity index (χ1v) is 6.20. The first kappa shape index (κ1) is 10.7. The number of fused-ring (bicyclic) bond motifs is 1. The summed E-state index contributed by atoms with van der Waals surface area (Å²) in [5.74, 6) is 0.847. The second-order valence-corrected chi connectivity index (χ2v) is 7.49. The third-order valence-corrected chi connectivity index (χ3v) is 3.85. The van der Waals surface area contributed by atoms with Crippen molar-refractivity contribution in [3.05, 3.63) is 23.3 Å². The summed E-state index contributed by atoms with van der Waals surface area (Å²) in [6.07, 6.45) is 5.84. The molecule has 0 spiro atoms. The van der Waals surface area contributed by atoms with Gasteiger partial charge in [0.25, 0.3) is 0 Å². The van der Waals surface area contributed by atoms with Gasteiger partial charge in [-0.05, 0) is 0 Å². The van der Waals surface area contributed by atoms with E-state index in [-0.39, 0.29) is 9.25 Å². The molecule has 0 aromatic carbocycles. The van der Waals surface area contributed by atoms with Crippen molar-refractivity contribution < 1.29 is 0 Å². The first-order valence-electron chi connectivity index (χ1n) is 4.11. The zero-order valence-corrected chi connectivity index (χ0v) is 11.6. The number of halogens is 1. The van der Waals surface area contributed by atoms with Crippen LogP contribution in [0.25, 0.3) is 0 Å². The Morgan fingerprint density at radius 1 is 1.50 bits per heavy atom. The fraction of sp³-hybridized carbons (Fsp3) is 0.333. The summed E-state index contributed by atoms with van der Waals surface area (Å²) in [5, 5.41) is 0.696. The van der Waals surface area contributed by atoms with Gasteiger partial charge in [-0.15, -0.1) is 0 Å². The maximum absolute atomic E-state index is 6.08. The molecule has 2 rings (SSSR count). The van der Waals surface area contributed by atoms with Crippen LogP contribution < -0.4 is 0 Å². The van der Waals surface area contributed by atoms with Crippen molar-refractivity contribution in [2.24, 2.45) is 15.9 Å². The molecular weight excluding hydrogens is 329 g/mol. The van der Waals surface area contributed by atoms with Gasteiger partial charge in [0.05, 0.1) is 0 Å². The van der Waals surface area contributed by atoms with E-state index in [1.54, 1.807) is 0 Å². The van der Waals surface area contributed by atoms with Crippen molar-refractivity contribution in [2.75, 3.05) is 0 Å². The molecule has 1 atom stereocenters. The summed E-state index contributed by atoms with van der Waals surface area (Å²) in [4.78, 5) is 8.77. The second kappa shape index (κ2) is 3.62. The second-order valence-electron chi connectivity index (χ2n) is 3.16. The summed E-state index contributed by atoms with van der Waals surface area (Å²) in [5.41, 5.74) is 0.888. The van der Waals surface area contributed by atoms with Gasteiger partial charge in [-0.2, -0.15) is 0 Å². The van der Waals surface area contributed by atoms with Crippen LogP contribution in [0.3, 0.4) is 0 Å². The predicted molar refractivity (Wildman–Crippen MR) is 61.3 cm³/mol. The summed E-state index contributed by atoms with van der Waals surface area (Å²) in [7, 11) is 0. The monoisotopic (exact) mass is 338 g/mol. The molecule has 2 radical (unpaired) electrons. The molecule has 0 fully saturated rings. The Labute approximate surface area is 104 Å². The van der Waals surface area contributed by atoms with Crippen molar-refractivity contribution in [3.63, 3.8) is 0 Å². The quantitative estimate of drug-likeness (QED) is 0.593. The van der Waals surface area contributed by atoms with Gasteiger partial charge in [-0.3, -0.25) is 0 Å². The number of rotatable bonds is 0. The number of hydrogen-bond acceptors (Lipinski definition) is 2. The van der Waals surface area contributed by atoms with Gasteiger partial charge < -0.3 is 0 Å². The zero-order valence-electron chi connectivity index (χ0n) is 7.40. The van der Waals surface area contributed by atoms with Crippen molar-refractivity contribution in [2.45, 2.75) is 10.3 Å². The fourth-order valence-electron chi connectivity index (χ4n) is 1.49. The van der Waals surface area contributed by atoms with Gasteiger partial charge in [0.2, 0.25) is 0 Å². The molecule has 2 nitrogen and oxygen atoms in total. The third kappa shape index (κ3) is 1.78. The van der Waals surface area contributed by atoms with E-state index >= 15 is 0 Å². The number of nitrogens with zero attached hydrogens (tertiary/aromatic N) is 2. The Morgan fingerprint density at radius 3 is 2.93 bits per heavy atom. The molecule has 1 aliphatic heterocycles. The molecule has 0 saturated heterocycles. The minimum atomic E-state index is -0.383. The van der Waals surface area contributed by atoms with Crippen LogP contribution in [0.1, 0.15) is 6.92 Å². The molecule has 0 amide bonds. The van der Waals surface area contributed by atoms with Crippen molar-refractivity contribution >= 4 is 55.2 Å². The average Bonchev–Trinajstić information content (AvgIpc) is 2.05. The van der Waals surface area contributed by atoms with Gasteiger partial charge >= 0.3 is 105 Å². The Morgan fingerprint density at radius 2 is 2.21 bits per heavy atom. The zero-order chi connectivity index (χ0) is 10.3. The molecule has 0 bridgehead atoms. The molecule has 1 heterocycles. The summed E-state index contributed by atoms with van der Waals surface area (Å²) in [6.45, 7) is 1.87. The van der Waals surface area contributed by atoms with Crippen LogP contribution in [0.4, 0.5) is 0 Å². The van der Waals surface area contributed by atoms with Crippen LogP contribution in [0.2, 0.25) is 0 Å². The molecule has 14 heavy (non-hydrogen) atoms. The summed E-state index contributed by atoms with van der Waals surface area (Å²) >= 11 is 12.2. The number of aliphatic imine (C=N–C) groups is 2. The Hall–Kier alpha value is 0.149. The molecule has 0 N–H and O–H groups in total. The average molecular weight is 337 g/mol. The SMILES string of the molecule is CC1=NC([Se])([Se])C2C=CC=C(Cl)C2=N1. The van der Waals surface area contributed by atoms with Crippen molar-refractivity contribution in [3.8, 4) is 0 Å². The van der Waals surface area contributed by atoms with E-state index in [1.165, 1.54) is 0 Å². The van der Waals surface area contributed by atoms with Crippen molar-refractivity contribution in [1.82, 2.24) is 0 Å². The molecule has 72 valence electrons. The predicted octanol–water partition coefficient (Wildman–Crippen LogP) is 1.16. The van der Waals surface area contributed by atoms with Gasteiger partial charge in [-0.1, -0.05) is 0 Å². The van der Waals surface area contributed by atoms with Crippen LogP contribution in [0.5, 0.6) is 0 Å². The summed E-state index contributed by atoms with van der Waals surface area (Å²) in [6, 6.07) is 0. The van der Waals surface area contributed by atoms with Gasteiger partial charge in [0.15, 0.2) is 0 Å². The van der Waals surface area contributed by atoms with E-state index in [9.17, 15) is 0 Å². The topological polar surface area (TPSA) is 24.7 Å². The third-order valence-electron chi connectivity index (χ3n) is 2.08. The van der Waals surface area contributed by atoms with Crippen LogP contribution in [0, 0.1) is 5.92 Å². The molecule has 0 aromatic heterocycles. The van der Waals surface area contributed by atoms with Crippen molar-refractivity contribution in [1.29, 1.82) is 0 Å². The Balaban J connectivity index is 2.51. The van der Waals surface area contributed by atoms with Gasteiger partial charge in [0.1, 0.15) is 0 Å². The van der Waals surface area contributed by atoms with E-state index in [0.717, 1.165) is 11.5 Å². The molecule has 0 saturated carbocycles. The molecule has 1 unspecified atom stereocenters. The van der Waals surface area contributed by atoms with E-state index in [1.807, 2.05) is 25.2 Å². The maximum atomic E-state index is 6.08. The van der Waals surface area contributed by atoms with E-state index in [0.29, 0.717) is 5.03 Å². The van der Waals surface area contributed by atoms with Crippen LogP contribution >= 0.6 is 11.6 Å². The van der Waals surface area contributed by atoms with E-state index in [4.69, 9.17) is 11.6 Å². The first-order chi connectivity index (χ1) is 6.50. The molecule has 1 aliphatic carbocycles. The Bertz CT molecular complexity index is 394. The van der Waals surface area contributed by atoms with E-state index < -0.39 is 0 Å². The van der Waals surface area contributed by atoms with Gasteiger partial charge in [0, 0.05) is 0 Å². The number of allylic oxidation sites excluding steroid dienone is 3. The standard InChI is InChI=1S/C9H7ClN2Se2/c1-5-11-8-6(9(13,14)12-5)3-2-4-7(8)10/h2-4,6H,1H3. The Kier molecular flexibility index (Phi) is 2.76. The fourth-order valence-corrected chi connectivity index (χ4v) is 3.07. The normalized spacial score (nSPS) is 28.9. The minimum absolute atomic E-state index is 0.101. The van der Waals surface area contributed by atoms with Crippen LogP contribution in [-0.4, -0.2) is 46.9 Å². The number of amidine groups is 1. The van der Waals surface area contributed by atoms with Crippen LogP contribution in [-0.2, 0) is 0 Å². The molecular formula is C9H7ClN2Se2. The van der Waals surface area contributed by atoms with Gasteiger partial charge in [-0.25, -0.2) is 0 Å². The number of hydrogen-bond donors (Lipinski definition) is 0. The molecule has 0 aromatic rings. The molecule has 2 aliphatic rings. The molecule has 5 heteroatoms. The van der Waals surface area contributed by atoms with E-state index in [2.05, 4.69) is 42.0 Å². The van der Waals surface area contributed by atoms with Crippen LogP contribution in [0.15, 0.2) is 33.2 Å².